The number of rotatable bonds is 3. The highest BCUT2D eigenvalue weighted by atomic mass is 32.1. The smallest absolute Gasteiger partial charge is 0.0390 e. The van der Waals surface area contributed by atoms with E-state index in [1.54, 1.807) is 11.3 Å². The predicted molar refractivity (Wildman–Crippen MR) is 72.8 cm³/mol. The van der Waals surface area contributed by atoms with E-state index in [0.29, 0.717) is 0 Å². The molecule has 1 aromatic heterocycles. The summed E-state index contributed by atoms with van der Waals surface area (Å²) in [5.41, 5.74) is 7.86. The second-order valence-corrected chi connectivity index (χ2v) is 5.92. The van der Waals surface area contributed by atoms with E-state index >= 15 is 0 Å². The number of thiophene rings is 1. The molecule has 0 spiro atoms. The zero-order chi connectivity index (χ0) is 11.8. The molecule has 2 rings (SSSR count). The van der Waals surface area contributed by atoms with Crippen LogP contribution in [0.1, 0.15) is 38.8 Å². The minimum Gasteiger partial charge on any atom is -0.323 e. The Morgan fingerprint density at radius 3 is 2.75 bits per heavy atom. The summed E-state index contributed by atoms with van der Waals surface area (Å²) in [7, 11) is 0. The maximum Gasteiger partial charge on any atom is 0.0390 e. The van der Waals surface area contributed by atoms with Gasteiger partial charge in [-0.1, -0.05) is 39.0 Å². The molecule has 0 aliphatic heterocycles. The van der Waals surface area contributed by atoms with Crippen LogP contribution in [0, 0.1) is 5.41 Å². The first-order valence-corrected chi connectivity index (χ1v) is 6.66. The van der Waals surface area contributed by atoms with E-state index < -0.39 is 0 Å². The van der Waals surface area contributed by atoms with E-state index in [2.05, 4.69) is 50.4 Å². The van der Waals surface area contributed by atoms with Crippen LogP contribution in [0.5, 0.6) is 0 Å². The maximum absolute atomic E-state index is 6.42. The lowest BCUT2D eigenvalue weighted by Gasteiger charge is -2.31. The summed E-state index contributed by atoms with van der Waals surface area (Å²) in [4.78, 5) is 0. The molecule has 0 saturated heterocycles. The lowest BCUT2D eigenvalue weighted by molar-refractivity contribution is 0.280. The Morgan fingerprint density at radius 1 is 1.31 bits per heavy atom. The molecule has 1 nitrogen and oxygen atoms in total. The molecular weight excluding hydrogens is 214 g/mol. The SMILES string of the molecule is CCC(C)(C)C(N)c1cccc2ccsc12. The van der Waals surface area contributed by atoms with Crippen LogP contribution in [-0.4, -0.2) is 0 Å². The first-order valence-electron chi connectivity index (χ1n) is 5.78. The van der Waals surface area contributed by atoms with Crippen molar-refractivity contribution in [3.8, 4) is 0 Å². The first-order chi connectivity index (χ1) is 7.56. The van der Waals surface area contributed by atoms with Crippen molar-refractivity contribution >= 4 is 21.4 Å². The van der Waals surface area contributed by atoms with Crippen molar-refractivity contribution in [1.82, 2.24) is 0 Å². The van der Waals surface area contributed by atoms with Gasteiger partial charge < -0.3 is 5.73 Å². The normalized spacial score (nSPS) is 14.2. The Balaban J connectivity index is 2.51. The summed E-state index contributed by atoms with van der Waals surface area (Å²) in [6, 6.07) is 8.70. The van der Waals surface area contributed by atoms with Crippen LogP contribution < -0.4 is 5.73 Å². The second-order valence-electron chi connectivity index (χ2n) is 5.01. The summed E-state index contributed by atoms with van der Waals surface area (Å²) in [6.07, 6.45) is 1.09. The van der Waals surface area contributed by atoms with Gasteiger partial charge in [0.1, 0.15) is 0 Å². The molecule has 1 atom stereocenters. The zero-order valence-corrected chi connectivity index (χ0v) is 11.0. The number of fused-ring (bicyclic) bond motifs is 1. The molecule has 86 valence electrons. The monoisotopic (exact) mass is 233 g/mol. The molecule has 0 bridgehead atoms. The van der Waals surface area contributed by atoms with Crippen LogP contribution in [0.3, 0.4) is 0 Å². The number of hydrogen-bond donors (Lipinski definition) is 1. The van der Waals surface area contributed by atoms with Crippen molar-refractivity contribution in [3.63, 3.8) is 0 Å². The topological polar surface area (TPSA) is 26.0 Å². The van der Waals surface area contributed by atoms with Gasteiger partial charge in [0.05, 0.1) is 0 Å². The van der Waals surface area contributed by atoms with Gasteiger partial charge in [-0.3, -0.25) is 0 Å². The third-order valence-corrected chi connectivity index (χ3v) is 4.58. The quantitative estimate of drug-likeness (QED) is 0.838. The lowest BCUT2D eigenvalue weighted by atomic mass is 9.79. The predicted octanol–water partition coefficient (Wildman–Crippen LogP) is 4.34. The zero-order valence-electron chi connectivity index (χ0n) is 10.2. The van der Waals surface area contributed by atoms with Crippen molar-refractivity contribution in [2.24, 2.45) is 11.1 Å². The maximum atomic E-state index is 6.42. The minimum absolute atomic E-state index is 0.111. The Labute approximate surface area is 101 Å². The molecule has 0 amide bonds. The van der Waals surface area contributed by atoms with Crippen LogP contribution in [-0.2, 0) is 0 Å². The molecule has 16 heavy (non-hydrogen) atoms. The number of hydrogen-bond acceptors (Lipinski definition) is 2. The van der Waals surface area contributed by atoms with Crippen molar-refractivity contribution in [3.05, 3.63) is 35.2 Å². The van der Waals surface area contributed by atoms with E-state index in [4.69, 9.17) is 5.73 Å². The third-order valence-electron chi connectivity index (χ3n) is 3.60. The van der Waals surface area contributed by atoms with Gasteiger partial charge >= 0.3 is 0 Å². The van der Waals surface area contributed by atoms with Crippen molar-refractivity contribution in [2.75, 3.05) is 0 Å². The summed E-state index contributed by atoms with van der Waals surface area (Å²) >= 11 is 1.79. The first kappa shape index (κ1) is 11.6. The molecule has 0 radical (unpaired) electrons. The van der Waals surface area contributed by atoms with Crippen LogP contribution in [0.25, 0.3) is 10.1 Å². The summed E-state index contributed by atoms with van der Waals surface area (Å²) in [5, 5.41) is 3.45. The Morgan fingerprint density at radius 2 is 2.06 bits per heavy atom. The summed E-state index contributed by atoms with van der Waals surface area (Å²) in [6.45, 7) is 6.68. The van der Waals surface area contributed by atoms with Crippen molar-refractivity contribution in [1.29, 1.82) is 0 Å². The Kier molecular flexibility index (Phi) is 3.04. The molecule has 2 aromatic rings. The van der Waals surface area contributed by atoms with Crippen LogP contribution in [0.4, 0.5) is 0 Å². The molecule has 0 fully saturated rings. The van der Waals surface area contributed by atoms with Crippen molar-refractivity contribution in [2.45, 2.75) is 33.2 Å². The Hall–Kier alpha value is -0.860. The minimum atomic E-state index is 0.111. The van der Waals surface area contributed by atoms with Gasteiger partial charge in [-0.2, -0.15) is 0 Å². The molecule has 1 unspecified atom stereocenters. The van der Waals surface area contributed by atoms with Gasteiger partial charge in [0, 0.05) is 10.7 Å². The van der Waals surface area contributed by atoms with Gasteiger partial charge in [0.25, 0.3) is 0 Å². The molecule has 2 heteroatoms. The van der Waals surface area contributed by atoms with Gasteiger partial charge in [-0.25, -0.2) is 0 Å². The largest absolute Gasteiger partial charge is 0.323 e. The molecule has 0 aliphatic rings. The third kappa shape index (κ3) is 1.87. The lowest BCUT2D eigenvalue weighted by Crippen LogP contribution is -2.28. The van der Waals surface area contributed by atoms with E-state index in [1.165, 1.54) is 15.6 Å². The van der Waals surface area contributed by atoms with Crippen LogP contribution in [0.15, 0.2) is 29.6 Å². The van der Waals surface area contributed by atoms with E-state index in [1.807, 2.05) is 0 Å². The van der Waals surface area contributed by atoms with Gasteiger partial charge in [-0.15, -0.1) is 11.3 Å². The molecule has 0 saturated carbocycles. The van der Waals surface area contributed by atoms with Crippen LogP contribution >= 0.6 is 11.3 Å². The molecule has 1 heterocycles. The number of nitrogens with two attached hydrogens (primary N) is 1. The van der Waals surface area contributed by atoms with Gasteiger partial charge in [0.15, 0.2) is 0 Å². The van der Waals surface area contributed by atoms with E-state index in [9.17, 15) is 0 Å². The molecule has 2 N–H and O–H groups in total. The number of benzene rings is 1. The highest BCUT2D eigenvalue weighted by Crippen LogP contribution is 2.38. The Bertz CT molecular complexity index is 484. The standard InChI is InChI=1S/C14H19NS/c1-4-14(2,3)13(15)11-7-5-6-10-8-9-16-12(10)11/h5-9,13H,4,15H2,1-3H3. The fraction of sp³-hybridized carbons (Fsp3) is 0.429. The van der Waals surface area contributed by atoms with Gasteiger partial charge in [0.2, 0.25) is 0 Å². The average molecular weight is 233 g/mol. The fourth-order valence-corrected chi connectivity index (χ4v) is 2.86. The fourth-order valence-electron chi connectivity index (χ4n) is 1.90. The highest BCUT2D eigenvalue weighted by Gasteiger charge is 2.27. The van der Waals surface area contributed by atoms with E-state index in [0.717, 1.165) is 6.42 Å². The van der Waals surface area contributed by atoms with Crippen molar-refractivity contribution < 1.29 is 0 Å². The molecule has 0 aliphatic carbocycles. The molecule has 1 aromatic carbocycles. The molecular formula is C14H19NS. The highest BCUT2D eigenvalue weighted by molar-refractivity contribution is 7.17. The average Bonchev–Trinajstić information content (AvgIpc) is 2.75. The van der Waals surface area contributed by atoms with E-state index in [-0.39, 0.29) is 11.5 Å². The summed E-state index contributed by atoms with van der Waals surface area (Å²) < 4.78 is 1.34. The van der Waals surface area contributed by atoms with Crippen LogP contribution in [0.2, 0.25) is 0 Å². The second kappa shape index (κ2) is 4.19. The summed E-state index contributed by atoms with van der Waals surface area (Å²) in [5.74, 6) is 0. The van der Waals surface area contributed by atoms with Gasteiger partial charge in [-0.05, 0) is 34.2 Å².